The molecule has 6 heteroatoms. The molecule has 0 spiro atoms. The van der Waals surface area contributed by atoms with Gasteiger partial charge in [0.2, 0.25) is 0 Å². The van der Waals surface area contributed by atoms with Gasteiger partial charge in [-0.3, -0.25) is 0 Å². The zero-order valence-electron chi connectivity index (χ0n) is 8.38. The second-order valence-corrected chi connectivity index (χ2v) is 3.52. The predicted octanol–water partition coefficient (Wildman–Crippen LogP) is 2.74. The normalized spacial score (nSPS) is 11.7. The quantitative estimate of drug-likeness (QED) is 0.750. The number of rotatable bonds is 2. The van der Waals surface area contributed by atoms with Crippen LogP contribution in [-0.4, -0.2) is 13.9 Å². The van der Waals surface area contributed by atoms with Gasteiger partial charge in [0, 0.05) is 11.6 Å². The van der Waals surface area contributed by atoms with Gasteiger partial charge in [-0.05, 0) is 13.0 Å². The van der Waals surface area contributed by atoms with Gasteiger partial charge in [-0.2, -0.15) is 5.26 Å². The van der Waals surface area contributed by atoms with E-state index in [0.29, 0.717) is 22.3 Å². The lowest BCUT2D eigenvalue weighted by Gasteiger charge is -2.00. The molecule has 0 N–H and O–H groups in total. The highest BCUT2D eigenvalue weighted by atomic mass is 32.2. The van der Waals surface area contributed by atoms with Crippen LogP contribution in [0.5, 0.6) is 0 Å². The number of allylic oxidation sites excluding steroid dienone is 2. The van der Waals surface area contributed by atoms with E-state index in [2.05, 4.69) is 9.97 Å². The van der Waals surface area contributed by atoms with Crippen LogP contribution in [0.3, 0.4) is 0 Å². The molecule has 2 rings (SSSR count). The van der Waals surface area contributed by atoms with E-state index in [0.717, 1.165) is 0 Å². The Morgan fingerprint density at radius 2 is 2.44 bits per heavy atom. The van der Waals surface area contributed by atoms with E-state index < -0.39 is 0 Å². The Hall–Kier alpha value is -1.87. The summed E-state index contributed by atoms with van der Waals surface area (Å²) in [5.41, 5.74) is 1.45. The average molecular weight is 234 g/mol. The number of aromatic nitrogens is 3. The lowest BCUT2D eigenvalue weighted by atomic mass is 10.1. The van der Waals surface area contributed by atoms with Crippen LogP contribution >= 0.6 is 12.3 Å². The van der Waals surface area contributed by atoms with Gasteiger partial charge in [0.25, 0.3) is 0 Å². The van der Waals surface area contributed by atoms with Crippen molar-refractivity contribution in [3.8, 4) is 6.07 Å². The minimum atomic E-state index is 0.0646. The maximum absolute atomic E-state index is 12.5. The monoisotopic (exact) mass is 234 g/mol. The van der Waals surface area contributed by atoms with Gasteiger partial charge >= 0.3 is 0 Å². The summed E-state index contributed by atoms with van der Waals surface area (Å²) in [6.45, 7) is 1.76. The fourth-order valence-electron chi connectivity index (χ4n) is 1.45. The molecule has 80 valence electrons. The van der Waals surface area contributed by atoms with E-state index >= 15 is 0 Å². The van der Waals surface area contributed by atoms with Crippen LogP contribution in [0.2, 0.25) is 0 Å². The maximum atomic E-state index is 12.5. The third-order valence-corrected chi connectivity index (χ3v) is 2.63. The van der Waals surface area contributed by atoms with Gasteiger partial charge in [0.1, 0.15) is 12.4 Å². The van der Waals surface area contributed by atoms with Crippen molar-refractivity contribution in [1.82, 2.24) is 13.9 Å². The molecule has 0 aromatic carbocycles. The summed E-state index contributed by atoms with van der Waals surface area (Å²) in [5.74, 6) is 0. The number of fused-ring (bicyclic) bond motifs is 1. The highest BCUT2D eigenvalue weighted by Crippen LogP contribution is 2.25. The van der Waals surface area contributed by atoms with Crippen LogP contribution in [0.15, 0.2) is 24.7 Å². The van der Waals surface area contributed by atoms with Crippen molar-refractivity contribution in [3.63, 3.8) is 0 Å². The molecule has 16 heavy (non-hydrogen) atoms. The first-order valence-electron chi connectivity index (χ1n) is 4.49. The van der Waals surface area contributed by atoms with Crippen molar-refractivity contribution in [1.29, 1.82) is 5.26 Å². The molecule has 0 aliphatic heterocycles. The van der Waals surface area contributed by atoms with Crippen LogP contribution < -0.4 is 0 Å². The van der Waals surface area contributed by atoms with Crippen molar-refractivity contribution in [2.24, 2.45) is 0 Å². The van der Waals surface area contributed by atoms with Crippen molar-refractivity contribution in [2.45, 2.75) is 6.92 Å². The molecule has 0 saturated heterocycles. The standard InChI is InChI=1S/C10H7FN4S/c1-2-7(5-12)9-8-3-4-15(16-11)10(8)14-6-13-9/h2-4,6H,1H3/b7-2+. The fourth-order valence-corrected chi connectivity index (χ4v) is 1.77. The Kier molecular flexibility index (Phi) is 2.88. The van der Waals surface area contributed by atoms with Gasteiger partial charge in [0.15, 0.2) is 18.0 Å². The minimum absolute atomic E-state index is 0.0646. The minimum Gasteiger partial charge on any atom is -0.247 e. The van der Waals surface area contributed by atoms with Crippen molar-refractivity contribution in [2.75, 3.05) is 0 Å². The first kappa shape index (κ1) is 10.6. The lowest BCUT2D eigenvalue weighted by Crippen LogP contribution is -1.92. The van der Waals surface area contributed by atoms with Crippen molar-refractivity contribution < 1.29 is 3.89 Å². The van der Waals surface area contributed by atoms with Crippen molar-refractivity contribution >= 4 is 28.9 Å². The van der Waals surface area contributed by atoms with E-state index in [4.69, 9.17) is 5.26 Å². The molecule has 0 radical (unpaired) electrons. The number of nitriles is 1. The molecule has 0 aliphatic carbocycles. The third kappa shape index (κ3) is 1.55. The molecule has 4 nitrogen and oxygen atoms in total. The van der Waals surface area contributed by atoms with Gasteiger partial charge < -0.3 is 0 Å². The Labute approximate surface area is 95.9 Å². The molecular weight excluding hydrogens is 227 g/mol. The van der Waals surface area contributed by atoms with E-state index in [1.165, 1.54) is 10.3 Å². The zero-order valence-corrected chi connectivity index (χ0v) is 9.20. The molecule has 2 heterocycles. The number of hydrogen-bond donors (Lipinski definition) is 0. The van der Waals surface area contributed by atoms with Crippen LogP contribution in [0.1, 0.15) is 12.6 Å². The fraction of sp³-hybridized carbons (Fsp3) is 0.100. The van der Waals surface area contributed by atoms with Crippen LogP contribution in [-0.2, 0) is 0 Å². The number of hydrogen-bond acceptors (Lipinski definition) is 4. The summed E-state index contributed by atoms with van der Waals surface area (Å²) in [7, 11) is 0. The Bertz CT molecular complexity index is 596. The average Bonchev–Trinajstić information content (AvgIpc) is 2.74. The molecule has 0 aliphatic rings. The molecule has 2 aromatic heterocycles. The van der Waals surface area contributed by atoms with E-state index in [1.807, 2.05) is 6.07 Å². The highest BCUT2D eigenvalue weighted by molar-refractivity contribution is 7.92. The number of halogens is 1. The van der Waals surface area contributed by atoms with Crippen LogP contribution in [0.25, 0.3) is 16.6 Å². The van der Waals surface area contributed by atoms with Gasteiger partial charge in [0.05, 0.1) is 11.3 Å². The van der Waals surface area contributed by atoms with Gasteiger partial charge in [-0.1, -0.05) is 6.08 Å². The van der Waals surface area contributed by atoms with Crippen molar-refractivity contribution in [3.05, 3.63) is 30.4 Å². The molecule has 2 aromatic rings. The van der Waals surface area contributed by atoms with Gasteiger partial charge in [-0.25, -0.2) is 13.9 Å². The van der Waals surface area contributed by atoms with Crippen LogP contribution in [0.4, 0.5) is 3.89 Å². The summed E-state index contributed by atoms with van der Waals surface area (Å²) in [4.78, 5) is 8.03. The van der Waals surface area contributed by atoms with E-state index in [-0.39, 0.29) is 12.3 Å². The lowest BCUT2D eigenvalue weighted by molar-refractivity contribution is 0.919. The topological polar surface area (TPSA) is 54.5 Å². The third-order valence-electron chi connectivity index (χ3n) is 2.19. The van der Waals surface area contributed by atoms with Crippen LogP contribution in [0, 0.1) is 11.3 Å². The molecule has 0 unspecified atom stereocenters. The maximum Gasteiger partial charge on any atom is 0.171 e. The van der Waals surface area contributed by atoms with E-state index in [1.54, 1.807) is 25.3 Å². The Morgan fingerprint density at radius 3 is 3.06 bits per heavy atom. The number of nitrogens with zero attached hydrogens (tertiary/aromatic N) is 4. The summed E-state index contributed by atoms with van der Waals surface area (Å²) in [6, 6.07) is 3.74. The molecule has 0 saturated carbocycles. The Balaban J connectivity index is 2.73. The summed E-state index contributed by atoms with van der Waals surface area (Å²) in [5, 5.41) is 9.61. The summed E-state index contributed by atoms with van der Waals surface area (Å²) in [6.07, 6.45) is 4.55. The first-order chi connectivity index (χ1) is 7.81. The first-order valence-corrected chi connectivity index (χ1v) is 5.17. The molecule has 0 bridgehead atoms. The predicted molar refractivity (Wildman–Crippen MR) is 60.9 cm³/mol. The SMILES string of the molecule is C/C=C(\C#N)c1ncnc2c1ccn2SF. The molecular formula is C10H7FN4S. The Morgan fingerprint density at radius 1 is 1.62 bits per heavy atom. The van der Waals surface area contributed by atoms with Gasteiger partial charge in [-0.15, -0.1) is 3.89 Å². The molecule has 0 atom stereocenters. The molecule has 0 fully saturated rings. The smallest absolute Gasteiger partial charge is 0.171 e. The zero-order chi connectivity index (χ0) is 11.5. The molecule has 0 amide bonds. The second-order valence-electron chi connectivity index (χ2n) is 2.98. The largest absolute Gasteiger partial charge is 0.247 e. The highest BCUT2D eigenvalue weighted by Gasteiger charge is 2.11. The second kappa shape index (κ2) is 4.33. The summed E-state index contributed by atoms with van der Waals surface area (Å²) >= 11 is 0.0646. The van der Waals surface area contributed by atoms with E-state index in [9.17, 15) is 3.89 Å². The summed E-state index contributed by atoms with van der Waals surface area (Å²) < 4.78 is 13.8.